The van der Waals surface area contributed by atoms with Crippen molar-refractivity contribution < 1.29 is 14.2 Å². The Bertz CT molecular complexity index is 604. The van der Waals surface area contributed by atoms with Crippen LogP contribution in [0.3, 0.4) is 0 Å². The van der Waals surface area contributed by atoms with Crippen LogP contribution in [0.5, 0.6) is 17.2 Å². The predicted octanol–water partition coefficient (Wildman–Crippen LogP) is 3.62. The first-order valence-corrected chi connectivity index (χ1v) is 6.34. The number of halogens is 1. The van der Waals surface area contributed by atoms with Gasteiger partial charge < -0.3 is 19.9 Å². The minimum absolute atomic E-state index is 0.592. The highest BCUT2D eigenvalue weighted by atomic mass is 35.5. The molecule has 2 aromatic carbocycles. The molecule has 0 aliphatic carbocycles. The van der Waals surface area contributed by atoms with Gasteiger partial charge in [-0.2, -0.15) is 0 Å². The molecule has 2 aromatic rings. The number of nitrogens with two attached hydrogens (primary N) is 1. The molecule has 2 rings (SSSR count). The molecule has 0 bridgehead atoms. The number of ether oxygens (including phenoxy) is 3. The number of benzene rings is 2. The Morgan fingerprint density at radius 1 is 0.900 bits per heavy atom. The van der Waals surface area contributed by atoms with Crippen LogP contribution in [-0.4, -0.2) is 21.3 Å². The van der Waals surface area contributed by atoms with E-state index in [2.05, 4.69) is 0 Å². The monoisotopic (exact) mass is 293 g/mol. The SMILES string of the molecule is COc1cc(OC)c(-c2cc(Cl)ccc2N)c(OC)c1. The molecule has 0 radical (unpaired) electrons. The maximum absolute atomic E-state index is 6.05. The van der Waals surface area contributed by atoms with Crippen molar-refractivity contribution in [2.24, 2.45) is 0 Å². The minimum atomic E-state index is 0.592. The van der Waals surface area contributed by atoms with Gasteiger partial charge in [-0.25, -0.2) is 0 Å². The second-order valence-corrected chi connectivity index (χ2v) is 4.57. The topological polar surface area (TPSA) is 53.7 Å². The molecule has 0 saturated carbocycles. The van der Waals surface area contributed by atoms with Gasteiger partial charge in [0, 0.05) is 28.4 Å². The number of hydrogen-bond acceptors (Lipinski definition) is 4. The van der Waals surface area contributed by atoms with E-state index in [0.717, 1.165) is 11.1 Å². The van der Waals surface area contributed by atoms with E-state index in [9.17, 15) is 0 Å². The number of nitrogen functional groups attached to an aromatic ring is 1. The Morgan fingerprint density at radius 3 is 2.00 bits per heavy atom. The van der Waals surface area contributed by atoms with E-state index in [-0.39, 0.29) is 0 Å². The zero-order valence-electron chi connectivity index (χ0n) is 11.6. The van der Waals surface area contributed by atoms with Crippen molar-refractivity contribution >= 4 is 17.3 Å². The van der Waals surface area contributed by atoms with Crippen LogP contribution < -0.4 is 19.9 Å². The summed E-state index contributed by atoms with van der Waals surface area (Å²) in [4.78, 5) is 0. The quantitative estimate of drug-likeness (QED) is 0.875. The normalized spacial score (nSPS) is 10.2. The highest BCUT2D eigenvalue weighted by molar-refractivity contribution is 6.31. The minimum Gasteiger partial charge on any atom is -0.496 e. The number of hydrogen-bond donors (Lipinski definition) is 1. The number of methoxy groups -OCH3 is 3. The third-order valence-corrected chi connectivity index (χ3v) is 3.23. The van der Waals surface area contributed by atoms with Crippen LogP contribution in [0.25, 0.3) is 11.1 Å². The van der Waals surface area contributed by atoms with E-state index >= 15 is 0 Å². The van der Waals surface area contributed by atoms with Gasteiger partial charge in [-0.05, 0) is 18.2 Å². The van der Waals surface area contributed by atoms with Gasteiger partial charge in [0.2, 0.25) is 0 Å². The van der Waals surface area contributed by atoms with Crippen LogP contribution in [0.4, 0.5) is 5.69 Å². The fourth-order valence-corrected chi connectivity index (χ4v) is 2.19. The molecule has 2 N–H and O–H groups in total. The van der Waals surface area contributed by atoms with E-state index in [1.165, 1.54) is 0 Å². The molecule has 0 saturated heterocycles. The molecule has 0 aliphatic heterocycles. The Hall–Kier alpha value is -2.07. The highest BCUT2D eigenvalue weighted by Crippen LogP contribution is 2.44. The zero-order chi connectivity index (χ0) is 14.7. The van der Waals surface area contributed by atoms with Crippen LogP contribution in [0.1, 0.15) is 0 Å². The second kappa shape index (κ2) is 5.92. The molecule has 5 heteroatoms. The van der Waals surface area contributed by atoms with Crippen molar-refractivity contribution in [3.8, 4) is 28.4 Å². The lowest BCUT2D eigenvalue weighted by Gasteiger charge is -2.16. The van der Waals surface area contributed by atoms with Crippen LogP contribution in [0.15, 0.2) is 30.3 Å². The first kappa shape index (κ1) is 14.3. The Kier molecular flexibility index (Phi) is 4.25. The maximum atomic E-state index is 6.05. The van der Waals surface area contributed by atoms with Crippen LogP contribution in [0, 0.1) is 0 Å². The second-order valence-electron chi connectivity index (χ2n) is 4.14. The molecule has 0 aliphatic rings. The zero-order valence-corrected chi connectivity index (χ0v) is 12.3. The smallest absolute Gasteiger partial charge is 0.134 e. The third kappa shape index (κ3) is 2.60. The van der Waals surface area contributed by atoms with Gasteiger partial charge in [-0.15, -0.1) is 0 Å². The molecule has 0 fully saturated rings. The summed E-state index contributed by atoms with van der Waals surface area (Å²) in [7, 11) is 4.75. The Balaban J connectivity index is 2.74. The lowest BCUT2D eigenvalue weighted by molar-refractivity contribution is 0.377. The standard InChI is InChI=1S/C15H16ClNO3/c1-18-10-7-13(19-2)15(14(8-10)20-3)11-6-9(16)4-5-12(11)17/h4-8H,17H2,1-3H3. The molecule has 0 heterocycles. The average Bonchev–Trinajstić information content (AvgIpc) is 2.48. The van der Waals surface area contributed by atoms with Gasteiger partial charge in [-0.3, -0.25) is 0 Å². The average molecular weight is 294 g/mol. The van der Waals surface area contributed by atoms with E-state index in [1.54, 1.807) is 51.7 Å². The van der Waals surface area contributed by atoms with Crippen molar-refractivity contribution in [3.05, 3.63) is 35.4 Å². The summed E-state index contributed by atoms with van der Waals surface area (Å²) in [6.45, 7) is 0. The summed E-state index contributed by atoms with van der Waals surface area (Å²) in [6, 6.07) is 8.82. The fourth-order valence-electron chi connectivity index (χ4n) is 2.02. The number of anilines is 1. The summed E-state index contributed by atoms with van der Waals surface area (Å²) in [5.74, 6) is 1.85. The van der Waals surface area contributed by atoms with Gasteiger partial charge in [0.05, 0.1) is 26.9 Å². The Labute approximate surface area is 123 Å². The lowest BCUT2D eigenvalue weighted by Crippen LogP contribution is -1.98. The molecule has 20 heavy (non-hydrogen) atoms. The van der Waals surface area contributed by atoms with Crippen LogP contribution in [0.2, 0.25) is 5.02 Å². The molecular weight excluding hydrogens is 278 g/mol. The molecule has 0 atom stereocenters. The fraction of sp³-hybridized carbons (Fsp3) is 0.200. The van der Waals surface area contributed by atoms with E-state index in [0.29, 0.717) is 28.0 Å². The molecule has 0 unspecified atom stereocenters. The summed E-state index contributed by atoms with van der Waals surface area (Å²) < 4.78 is 16.1. The largest absolute Gasteiger partial charge is 0.496 e. The Morgan fingerprint density at radius 2 is 1.50 bits per heavy atom. The van der Waals surface area contributed by atoms with E-state index < -0.39 is 0 Å². The van der Waals surface area contributed by atoms with Crippen molar-refractivity contribution in [3.63, 3.8) is 0 Å². The molecule has 0 amide bonds. The van der Waals surface area contributed by atoms with Gasteiger partial charge in [0.25, 0.3) is 0 Å². The summed E-state index contributed by atoms with van der Waals surface area (Å²) in [5.41, 5.74) is 8.14. The molecular formula is C15H16ClNO3. The molecule has 0 spiro atoms. The summed E-state index contributed by atoms with van der Waals surface area (Å²) in [5, 5.41) is 0.592. The predicted molar refractivity (Wildman–Crippen MR) is 81.0 cm³/mol. The third-order valence-electron chi connectivity index (χ3n) is 3.00. The molecule has 4 nitrogen and oxygen atoms in total. The molecule has 106 valence electrons. The van der Waals surface area contributed by atoms with Crippen molar-refractivity contribution in [2.75, 3.05) is 27.1 Å². The van der Waals surface area contributed by atoms with E-state index in [1.807, 2.05) is 0 Å². The summed E-state index contributed by atoms with van der Waals surface area (Å²) in [6.07, 6.45) is 0. The molecule has 0 aromatic heterocycles. The van der Waals surface area contributed by atoms with Crippen molar-refractivity contribution in [1.29, 1.82) is 0 Å². The van der Waals surface area contributed by atoms with Gasteiger partial charge in [0.15, 0.2) is 0 Å². The van der Waals surface area contributed by atoms with Crippen LogP contribution in [-0.2, 0) is 0 Å². The lowest BCUT2D eigenvalue weighted by atomic mass is 10.0. The number of rotatable bonds is 4. The van der Waals surface area contributed by atoms with Gasteiger partial charge in [-0.1, -0.05) is 11.6 Å². The first-order chi connectivity index (χ1) is 9.60. The maximum Gasteiger partial charge on any atom is 0.134 e. The first-order valence-electron chi connectivity index (χ1n) is 5.96. The van der Waals surface area contributed by atoms with E-state index in [4.69, 9.17) is 31.5 Å². The summed E-state index contributed by atoms with van der Waals surface area (Å²) >= 11 is 6.05. The highest BCUT2D eigenvalue weighted by Gasteiger charge is 2.17. The van der Waals surface area contributed by atoms with Crippen molar-refractivity contribution in [2.45, 2.75) is 0 Å². The van der Waals surface area contributed by atoms with Gasteiger partial charge in [0.1, 0.15) is 17.2 Å². The van der Waals surface area contributed by atoms with Crippen LogP contribution >= 0.6 is 11.6 Å². The van der Waals surface area contributed by atoms with Gasteiger partial charge >= 0.3 is 0 Å². The van der Waals surface area contributed by atoms with Crippen molar-refractivity contribution in [1.82, 2.24) is 0 Å².